The van der Waals surface area contributed by atoms with Crippen LogP contribution in [0, 0.1) is 0 Å². The lowest BCUT2D eigenvalue weighted by atomic mass is 9.71. The zero-order chi connectivity index (χ0) is 9.31. The molecular weight excluding hydrogens is 164 g/mol. The Bertz CT molecular complexity index is 269. The molecule has 2 unspecified atom stereocenters. The van der Waals surface area contributed by atoms with Gasteiger partial charge in [-0.1, -0.05) is 19.8 Å². The molecule has 72 valence electrons. The zero-order valence-electron chi connectivity index (χ0n) is 7.95. The molecule has 0 spiro atoms. The molecule has 4 nitrogen and oxygen atoms in total. The van der Waals surface area contributed by atoms with Crippen LogP contribution in [0.5, 0.6) is 0 Å². The maximum Gasteiger partial charge on any atom is 0.137 e. The largest absolute Gasteiger partial charge is 0.327 e. The van der Waals surface area contributed by atoms with Gasteiger partial charge in [-0.2, -0.15) is 5.10 Å². The number of aromatic amines is 1. The summed E-state index contributed by atoms with van der Waals surface area (Å²) < 4.78 is 0. The van der Waals surface area contributed by atoms with Crippen LogP contribution in [0.4, 0.5) is 0 Å². The SMILES string of the molecule is CC1(c2ncn[nH]2)CCCCC1N. The summed E-state index contributed by atoms with van der Waals surface area (Å²) in [4.78, 5) is 4.22. The van der Waals surface area contributed by atoms with E-state index in [1.54, 1.807) is 6.33 Å². The minimum atomic E-state index is 0.00868. The average molecular weight is 180 g/mol. The Labute approximate surface area is 77.9 Å². The number of hydrogen-bond acceptors (Lipinski definition) is 3. The molecule has 0 aromatic carbocycles. The van der Waals surface area contributed by atoms with E-state index in [9.17, 15) is 0 Å². The quantitative estimate of drug-likeness (QED) is 0.676. The summed E-state index contributed by atoms with van der Waals surface area (Å²) in [5.41, 5.74) is 6.13. The van der Waals surface area contributed by atoms with Crippen LogP contribution in [0.1, 0.15) is 38.4 Å². The predicted molar refractivity (Wildman–Crippen MR) is 50.2 cm³/mol. The van der Waals surface area contributed by atoms with Crippen molar-refractivity contribution in [3.05, 3.63) is 12.2 Å². The molecule has 4 heteroatoms. The molecule has 1 aromatic heterocycles. The van der Waals surface area contributed by atoms with Crippen molar-refractivity contribution in [2.75, 3.05) is 0 Å². The topological polar surface area (TPSA) is 67.6 Å². The van der Waals surface area contributed by atoms with Crippen molar-refractivity contribution in [3.8, 4) is 0 Å². The zero-order valence-corrected chi connectivity index (χ0v) is 7.95. The first-order valence-corrected chi connectivity index (χ1v) is 4.85. The highest BCUT2D eigenvalue weighted by atomic mass is 15.2. The fourth-order valence-electron chi connectivity index (χ4n) is 2.14. The van der Waals surface area contributed by atoms with Crippen molar-refractivity contribution in [1.82, 2.24) is 15.2 Å². The normalized spacial score (nSPS) is 34.8. The Morgan fingerprint density at radius 1 is 1.62 bits per heavy atom. The van der Waals surface area contributed by atoms with Crippen LogP contribution in [0.15, 0.2) is 6.33 Å². The van der Waals surface area contributed by atoms with E-state index in [-0.39, 0.29) is 11.5 Å². The molecule has 3 N–H and O–H groups in total. The fraction of sp³-hybridized carbons (Fsp3) is 0.778. The maximum absolute atomic E-state index is 6.12. The fourth-order valence-corrected chi connectivity index (χ4v) is 2.14. The monoisotopic (exact) mass is 180 g/mol. The Morgan fingerprint density at radius 2 is 2.46 bits per heavy atom. The van der Waals surface area contributed by atoms with Gasteiger partial charge < -0.3 is 5.73 Å². The molecule has 0 saturated heterocycles. The second-order valence-electron chi connectivity index (χ2n) is 4.10. The van der Waals surface area contributed by atoms with Gasteiger partial charge in [-0.05, 0) is 12.8 Å². The number of rotatable bonds is 1. The first kappa shape index (κ1) is 8.69. The first-order valence-electron chi connectivity index (χ1n) is 4.85. The minimum absolute atomic E-state index is 0.00868. The highest BCUT2D eigenvalue weighted by molar-refractivity contribution is 5.10. The molecule has 0 amide bonds. The van der Waals surface area contributed by atoms with Gasteiger partial charge in [0.1, 0.15) is 12.2 Å². The molecular formula is C9H16N4. The lowest BCUT2D eigenvalue weighted by Crippen LogP contribution is -2.46. The van der Waals surface area contributed by atoms with Crippen LogP contribution in [0.3, 0.4) is 0 Å². The van der Waals surface area contributed by atoms with Crippen molar-refractivity contribution in [2.45, 2.75) is 44.1 Å². The van der Waals surface area contributed by atoms with Gasteiger partial charge in [0.15, 0.2) is 0 Å². The molecule has 0 aliphatic heterocycles. The van der Waals surface area contributed by atoms with Crippen molar-refractivity contribution in [1.29, 1.82) is 0 Å². The Hall–Kier alpha value is -0.900. The van der Waals surface area contributed by atoms with Crippen LogP contribution in [0.2, 0.25) is 0 Å². The minimum Gasteiger partial charge on any atom is -0.327 e. The van der Waals surface area contributed by atoms with E-state index in [4.69, 9.17) is 5.73 Å². The molecule has 13 heavy (non-hydrogen) atoms. The summed E-state index contributed by atoms with van der Waals surface area (Å²) in [5, 5.41) is 6.82. The molecule has 0 radical (unpaired) electrons. The molecule has 1 fully saturated rings. The Kier molecular flexibility index (Phi) is 2.07. The van der Waals surface area contributed by atoms with E-state index >= 15 is 0 Å². The lowest BCUT2D eigenvalue weighted by Gasteiger charge is -2.37. The highest BCUT2D eigenvalue weighted by Gasteiger charge is 2.38. The Balaban J connectivity index is 2.27. The number of nitrogens with two attached hydrogens (primary N) is 1. The van der Waals surface area contributed by atoms with Gasteiger partial charge in [-0.25, -0.2) is 4.98 Å². The van der Waals surface area contributed by atoms with E-state index in [1.807, 2.05) is 0 Å². The third-order valence-corrected chi connectivity index (χ3v) is 3.24. The number of nitrogens with one attached hydrogen (secondary N) is 1. The summed E-state index contributed by atoms with van der Waals surface area (Å²) in [6, 6.07) is 0.217. The van der Waals surface area contributed by atoms with Crippen LogP contribution < -0.4 is 5.73 Å². The lowest BCUT2D eigenvalue weighted by molar-refractivity contribution is 0.259. The van der Waals surface area contributed by atoms with Gasteiger partial charge in [-0.15, -0.1) is 0 Å². The summed E-state index contributed by atoms with van der Waals surface area (Å²) in [5.74, 6) is 0.944. The van der Waals surface area contributed by atoms with Crippen molar-refractivity contribution < 1.29 is 0 Å². The van der Waals surface area contributed by atoms with Crippen molar-refractivity contribution in [3.63, 3.8) is 0 Å². The third kappa shape index (κ3) is 1.35. The second kappa shape index (κ2) is 3.10. The summed E-state index contributed by atoms with van der Waals surface area (Å²) >= 11 is 0. The van der Waals surface area contributed by atoms with Gasteiger partial charge in [0.25, 0.3) is 0 Å². The van der Waals surface area contributed by atoms with E-state index in [1.165, 1.54) is 12.8 Å². The Morgan fingerprint density at radius 3 is 3.08 bits per heavy atom. The summed E-state index contributed by atoms with van der Waals surface area (Å²) in [6.07, 6.45) is 6.25. The van der Waals surface area contributed by atoms with Gasteiger partial charge in [0.2, 0.25) is 0 Å². The maximum atomic E-state index is 6.12. The standard InChI is InChI=1S/C9H16N4/c1-9(8-11-6-12-13-8)5-3-2-4-7(9)10/h6-7H,2-5,10H2,1H3,(H,11,12,13). The van der Waals surface area contributed by atoms with Crippen molar-refractivity contribution in [2.24, 2.45) is 5.73 Å². The first-order chi connectivity index (χ1) is 6.23. The van der Waals surface area contributed by atoms with Crippen LogP contribution in [-0.4, -0.2) is 21.2 Å². The predicted octanol–water partition coefficient (Wildman–Crippen LogP) is 0.964. The molecule has 0 bridgehead atoms. The van der Waals surface area contributed by atoms with Crippen LogP contribution >= 0.6 is 0 Å². The van der Waals surface area contributed by atoms with Crippen molar-refractivity contribution >= 4 is 0 Å². The third-order valence-electron chi connectivity index (χ3n) is 3.24. The van der Waals surface area contributed by atoms with E-state index in [0.717, 1.165) is 18.7 Å². The van der Waals surface area contributed by atoms with Gasteiger partial charge in [0, 0.05) is 11.5 Å². The molecule has 2 rings (SSSR count). The number of aromatic nitrogens is 3. The molecule has 2 atom stereocenters. The molecule has 1 aliphatic carbocycles. The number of H-pyrrole nitrogens is 1. The van der Waals surface area contributed by atoms with E-state index in [0.29, 0.717) is 0 Å². The molecule has 1 heterocycles. The van der Waals surface area contributed by atoms with E-state index in [2.05, 4.69) is 22.1 Å². The van der Waals surface area contributed by atoms with Gasteiger partial charge >= 0.3 is 0 Å². The van der Waals surface area contributed by atoms with Gasteiger partial charge in [-0.3, -0.25) is 5.10 Å². The molecule has 1 saturated carbocycles. The second-order valence-corrected chi connectivity index (χ2v) is 4.10. The summed E-state index contributed by atoms with van der Waals surface area (Å²) in [7, 11) is 0. The number of nitrogens with zero attached hydrogens (tertiary/aromatic N) is 2. The van der Waals surface area contributed by atoms with Gasteiger partial charge in [0.05, 0.1) is 0 Å². The van der Waals surface area contributed by atoms with Crippen LogP contribution in [0.25, 0.3) is 0 Å². The molecule has 1 aliphatic rings. The number of hydrogen-bond donors (Lipinski definition) is 2. The molecule has 1 aromatic rings. The smallest absolute Gasteiger partial charge is 0.137 e. The van der Waals surface area contributed by atoms with Crippen LogP contribution in [-0.2, 0) is 5.41 Å². The van der Waals surface area contributed by atoms with E-state index < -0.39 is 0 Å². The average Bonchev–Trinajstić information content (AvgIpc) is 2.63. The summed E-state index contributed by atoms with van der Waals surface area (Å²) in [6.45, 7) is 2.18. The highest BCUT2D eigenvalue weighted by Crippen LogP contribution is 2.35.